The quantitative estimate of drug-likeness (QED) is 0.586. The summed E-state index contributed by atoms with van der Waals surface area (Å²) in [7, 11) is 0. The molecule has 1 unspecified atom stereocenters. The lowest BCUT2D eigenvalue weighted by atomic mass is 10.0. The Balaban J connectivity index is 2.27. The zero-order chi connectivity index (χ0) is 15.4. The number of rotatable bonds is 5. The molecule has 0 amide bonds. The van der Waals surface area contributed by atoms with E-state index < -0.39 is 4.92 Å². The van der Waals surface area contributed by atoms with Crippen LogP contribution < -0.4 is 5.32 Å². The second-order valence-electron chi connectivity index (χ2n) is 4.62. The minimum Gasteiger partial charge on any atom is -0.378 e. The smallest absolute Gasteiger partial charge is 0.269 e. The van der Waals surface area contributed by atoms with Gasteiger partial charge in [-0.25, -0.2) is 0 Å². The highest BCUT2D eigenvalue weighted by atomic mass is 35.5. The van der Waals surface area contributed by atoms with E-state index in [1.807, 2.05) is 13.0 Å². The Morgan fingerprint density at radius 2 is 1.86 bits per heavy atom. The van der Waals surface area contributed by atoms with Crippen molar-refractivity contribution in [2.45, 2.75) is 19.4 Å². The fraction of sp³-hybridized carbons (Fsp3) is 0.200. The lowest BCUT2D eigenvalue weighted by Crippen LogP contribution is -2.10. The highest BCUT2D eigenvalue weighted by Gasteiger charge is 2.13. The summed E-state index contributed by atoms with van der Waals surface area (Å²) in [5.74, 6) is 0. The molecule has 21 heavy (non-hydrogen) atoms. The fourth-order valence-corrected chi connectivity index (χ4v) is 2.64. The first kappa shape index (κ1) is 15.6. The molecule has 4 nitrogen and oxygen atoms in total. The molecule has 6 heteroatoms. The molecule has 0 spiro atoms. The number of nitro groups is 1. The summed E-state index contributed by atoms with van der Waals surface area (Å²) in [6, 6.07) is 11.7. The first-order valence-corrected chi connectivity index (χ1v) is 7.22. The van der Waals surface area contributed by atoms with Gasteiger partial charge in [-0.15, -0.1) is 0 Å². The van der Waals surface area contributed by atoms with E-state index in [-0.39, 0.29) is 11.7 Å². The molecule has 110 valence electrons. The summed E-state index contributed by atoms with van der Waals surface area (Å²) in [4.78, 5) is 10.5. The van der Waals surface area contributed by atoms with Crippen LogP contribution in [0.4, 0.5) is 11.4 Å². The predicted octanol–water partition coefficient (Wildman–Crippen LogP) is 5.46. The van der Waals surface area contributed by atoms with Crippen LogP contribution in [0.15, 0.2) is 42.5 Å². The number of nitrogens with one attached hydrogen (secondary N) is 1. The van der Waals surface area contributed by atoms with Gasteiger partial charge in [-0.2, -0.15) is 0 Å². The molecule has 2 rings (SSSR count). The van der Waals surface area contributed by atoms with Crippen LogP contribution in [0.2, 0.25) is 10.0 Å². The van der Waals surface area contributed by atoms with Crippen molar-refractivity contribution in [3.8, 4) is 0 Å². The summed E-state index contributed by atoms with van der Waals surface area (Å²) < 4.78 is 0. The lowest BCUT2D eigenvalue weighted by Gasteiger charge is -2.19. The number of hydrogen-bond acceptors (Lipinski definition) is 3. The van der Waals surface area contributed by atoms with Crippen molar-refractivity contribution in [1.29, 1.82) is 0 Å². The topological polar surface area (TPSA) is 55.2 Å². The summed E-state index contributed by atoms with van der Waals surface area (Å²) in [5, 5.41) is 15.2. The molecule has 0 aliphatic heterocycles. The summed E-state index contributed by atoms with van der Waals surface area (Å²) in [6.45, 7) is 2.00. The molecule has 0 saturated heterocycles. The van der Waals surface area contributed by atoms with E-state index >= 15 is 0 Å². The zero-order valence-corrected chi connectivity index (χ0v) is 12.9. The summed E-state index contributed by atoms with van der Waals surface area (Å²) >= 11 is 12.0. The second-order valence-corrected chi connectivity index (χ2v) is 5.49. The van der Waals surface area contributed by atoms with E-state index in [1.165, 1.54) is 6.07 Å². The molecule has 2 aromatic rings. The van der Waals surface area contributed by atoms with Crippen molar-refractivity contribution in [2.75, 3.05) is 5.32 Å². The van der Waals surface area contributed by atoms with Gasteiger partial charge < -0.3 is 5.32 Å². The number of anilines is 1. The van der Waals surface area contributed by atoms with Crippen LogP contribution in [0.1, 0.15) is 24.9 Å². The van der Waals surface area contributed by atoms with E-state index in [4.69, 9.17) is 23.2 Å². The highest BCUT2D eigenvalue weighted by molar-refractivity contribution is 6.35. The third-order valence-electron chi connectivity index (χ3n) is 3.10. The van der Waals surface area contributed by atoms with Gasteiger partial charge in [0.05, 0.1) is 11.0 Å². The van der Waals surface area contributed by atoms with Gasteiger partial charge in [-0.05, 0) is 30.2 Å². The Morgan fingerprint density at radius 1 is 1.19 bits per heavy atom. The van der Waals surface area contributed by atoms with Crippen molar-refractivity contribution < 1.29 is 4.92 Å². The number of nitro benzene ring substituents is 1. The van der Waals surface area contributed by atoms with Gasteiger partial charge in [0.15, 0.2) is 0 Å². The molecule has 1 N–H and O–H groups in total. The molecule has 0 aromatic heterocycles. The van der Waals surface area contributed by atoms with Crippen LogP contribution in [0, 0.1) is 10.1 Å². The first-order chi connectivity index (χ1) is 9.99. The Bertz CT molecular complexity index is 642. The van der Waals surface area contributed by atoms with Gasteiger partial charge in [0.2, 0.25) is 0 Å². The van der Waals surface area contributed by atoms with Gasteiger partial charge in [0.25, 0.3) is 5.69 Å². The van der Waals surface area contributed by atoms with E-state index in [2.05, 4.69) is 5.32 Å². The van der Waals surface area contributed by atoms with E-state index in [1.54, 1.807) is 30.3 Å². The number of nitrogens with zero attached hydrogens (tertiary/aromatic N) is 1. The van der Waals surface area contributed by atoms with Crippen LogP contribution in [-0.4, -0.2) is 4.92 Å². The Morgan fingerprint density at radius 3 is 2.43 bits per heavy atom. The standard InChI is InChI=1S/C15H14Cl2N2O2/c1-2-15(10-4-3-5-14(6-10)19(20)21)18-13-8-11(16)7-12(17)9-13/h3-9,15,18H,2H2,1H3. The average molecular weight is 325 g/mol. The van der Waals surface area contributed by atoms with Crippen molar-refractivity contribution in [3.05, 3.63) is 68.2 Å². The summed E-state index contributed by atoms with van der Waals surface area (Å²) in [5.41, 5.74) is 1.71. The fourth-order valence-electron chi connectivity index (χ4n) is 2.11. The summed E-state index contributed by atoms with van der Waals surface area (Å²) in [6.07, 6.45) is 0.769. The van der Waals surface area contributed by atoms with Gasteiger partial charge in [-0.1, -0.05) is 42.3 Å². The van der Waals surface area contributed by atoms with Crippen LogP contribution in [0.5, 0.6) is 0 Å². The first-order valence-electron chi connectivity index (χ1n) is 6.46. The lowest BCUT2D eigenvalue weighted by molar-refractivity contribution is -0.384. The second kappa shape index (κ2) is 6.78. The molecule has 2 aromatic carbocycles. The molecule has 0 heterocycles. The third-order valence-corrected chi connectivity index (χ3v) is 3.53. The minimum absolute atomic E-state index is 0.0561. The number of non-ortho nitro benzene ring substituents is 1. The van der Waals surface area contributed by atoms with Gasteiger partial charge >= 0.3 is 0 Å². The predicted molar refractivity (Wildman–Crippen MR) is 86.2 cm³/mol. The molecule has 0 saturated carbocycles. The Labute approximate surface area is 132 Å². The molecular formula is C15H14Cl2N2O2. The van der Waals surface area contributed by atoms with Crippen LogP contribution in [0.25, 0.3) is 0 Å². The number of halogens is 2. The Hall–Kier alpha value is -1.78. The molecular weight excluding hydrogens is 311 g/mol. The molecule has 0 aliphatic rings. The normalized spacial score (nSPS) is 12.0. The number of benzene rings is 2. The molecule has 0 radical (unpaired) electrons. The zero-order valence-electron chi connectivity index (χ0n) is 11.3. The highest BCUT2D eigenvalue weighted by Crippen LogP contribution is 2.28. The van der Waals surface area contributed by atoms with Crippen molar-refractivity contribution in [3.63, 3.8) is 0 Å². The maximum atomic E-state index is 10.9. The third kappa shape index (κ3) is 4.09. The van der Waals surface area contributed by atoms with Crippen LogP contribution in [-0.2, 0) is 0 Å². The molecule has 0 bridgehead atoms. The monoisotopic (exact) mass is 324 g/mol. The molecule has 1 atom stereocenters. The van der Waals surface area contributed by atoms with E-state index in [0.29, 0.717) is 10.0 Å². The van der Waals surface area contributed by atoms with Crippen molar-refractivity contribution >= 4 is 34.6 Å². The van der Waals surface area contributed by atoms with Crippen molar-refractivity contribution in [1.82, 2.24) is 0 Å². The van der Waals surface area contributed by atoms with E-state index in [9.17, 15) is 10.1 Å². The van der Waals surface area contributed by atoms with Gasteiger partial charge in [0, 0.05) is 27.9 Å². The van der Waals surface area contributed by atoms with Crippen LogP contribution >= 0.6 is 23.2 Å². The van der Waals surface area contributed by atoms with E-state index in [0.717, 1.165) is 17.7 Å². The SMILES string of the molecule is CCC(Nc1cc(Cl)cc(Cl)c1)c1cccc([N+](=O)[O-])c1. The Kier molecular flexibility index (Phi) is 5.04. The number of hydrogen-bond donors (Lipinski definition) is 1. The molecule has 0 fully saturated rings. The minimum atomic E-state index is -0.396. The maximum Gasteiger partial charge on any atom is 0.269 e. The van der Waals surface area contributed by atoms with Gasteiger partial charge in [0.1, 0.15) is 0 Å². The maximum absolute atomic E-state index is 10.9. The molecule has 0 aliphatic carbocycles. The average Bonchev–Trinajstić information content (AvgIpc) is 2.44. The van der Waals surface area contributed by atoms with Crippen LogP contribution in [0.3, 0.4) is 0 Å². The van der Waals surface area contributed by atoms with Gasteiger partial charge in [-0.3, -0.25) is 10.1 Å². The van der Waals surface area contributed by atoms with Crippen molar-refractivity contribution in [2.24, 2.45) is 0 Å². The largest absolute Gasteiger partial charge is 0.378 e.